The Labute approximate surface area is 147 Å². The molecule has 1 aliphatic heterocycles. The first-order chi connectivity index (χ1) is 11.8. The van der Waals surface area contributed by atoms with Crippen molar-refractivity contribution in [1.29, 1.82) is 0 Å². The zero-order valence-corrected chi connectivity index (χ0v) is 15.0. The number of nitrogens with zero attached hydrogens (tertiary/aromatic N) is 4. The Bertz CT molecular complexity index is 781. The fourth-order valence-electron chi connectivity index (χ4n) is 3.12. The maximum absolute atomic E-state index is 12.3. The van der Waals surface area contributed by atoms with E-state index >= 15 is 0 Å². The monoisotopic (exact) mass is 343 g/mol. The van der Waals surface area contributed by atoms with Gasteiger partial charge in [-0.15, -0.1) is 0 Å². The van der Waals surface area contributed by atoms with Crippen LogP contribution in [-0.4, -0.2) is 43.6 Å². The topological polar surface area (TPSA) is 83.9 Å². The Morgan fingerprint density at radius 3 is 2.60 bits per heavy atom. The molecule has 0 spiro atoms. The highest BCUT2D eigenvalue weighted by molar-refractivity contribution is 5.92. The van der Waals surface area contributed by atoms with Crippen LogP contribution in [0.5, 0.6) is 0 Å². The molecular formula is C18H25N5O2. The van der Waals surface area contributed by atoms with Crippen molar-refractivity contribution in [1.82, 2.24) is 24.6 Å². The first-order valence-corrected chi connectivity index (χ1v) is 8.70. The second-order valence-corrected chi connectivity index (χ2v) is 7.72. The van der Waals surface area contributed by atoms with Gasteiger partial charge >= 0.3 is 0 Å². The standard InChI is InChI=1S/C18H25N5O2/c1-18(2,3)15-10-16(24)23(12-19-15)11-13-5-8-22(9-6-13)17(25)14-4-7-20-21-14/h4,7,10,12-13H,5-6,8-9,11H2,1-3H3,(H,20,21). The van der Waals surface area contributed by atoms with Crippen LogP contribution in [0.25, 0.3) is 0 Å². The average Bonchev–Trinajstić information content (AvgIpc) is 3.10. The minimum absolute atomic E-state index is 0.00380. The number of nitrogens with one attached hydrogen (secondary N) is 1. The van der Waals surface area contributed by atoms with Gasteiger partial charge in [-0.2, -0.15) is 5.10 Å². The van der Waals surface area contributed by atoms with Gasteiger partial charge in [-0.05, 0) is 24.8 Å². The number of hydrogen-bond acceptors (Lipinski definition) is 4. The normalized spacial score (nSPS) is 16.2. The number of likely N-dealkylation sites (tertiary alicyclic amines) is 1. The summed E-state index contributed by atoms with van der Waals surface area (Å²) in [5.41, 5.74) is 1.21. The summed E-state index contributed by atoms with van der Waals surface area (Å²) >= 11 is 0. The first-order valence-electron chi connectivity index (χ1n) is 8.70. The van der Waals surface area contributed by atoms with Gasteiger partial charge in [0.2, 0.25) is 0 Å². The predicted octanol–water partition coefficient (Wildman–Crippen LogP) is 1.82. The highest BCUT2D eigenvalue weighted by Gasteiger charge is 2.25. The van der Waals surface area contributed by atoms with Crippen LogP contribution in [0.1, 0.15) is 49.8 Å². The largest absolute Gasteiger partial charge is 0.337 e. The summed E-state index contributed by atoms with van der Waals surface area (Å²) in [6.45, 7) is 8.19. The molecule has 1 aliphatic rings. The molecule has 1 saturated heterocycles. The Morgan fingerprint density at radius 2 is 2.04 bits per heavy atom. The molecule has 0 atom stereocenters. The Hall–Kier alpha value is -2.44. The Balaban J connectivity index is 1.59. The molecule has 2 aromatic heterocycles. The molecule has 7 heteroatoms. The highest BCUT2D eigenvalue weighted by Crippen LogP contribution is 2.21. The van der Waals surface area contributed by atoms with Gasteiger partial charge in [0, 0.05) is 37.3 Å². The fraction of sp³-hybridized carbons (Fsp3) is 0.556. The van der Waals surface area contributed by atoms with E-state index < -0.39 is 0 Å². The molecule has 1 fully saturated rings. The van der Waals surface area contributed by atoms with Crippen LogP contribution in [0, 0.1) is 5.92 Å². The Kier molecular flexibility index (Phi) is 4.74. The number of rotatable bonds is 3. The summed E-state index contributed by atoms with van der Waals surface area (Å²) in [5, 5.41) is 6.54. The first kappa shape index (κ1) is 17.4. The smallest absolute Gasteiger partial charge is 0.271 e. The molecule has 2 aromatic rings. The van der Waals surface area contributed by atoms with Gasteiger partial charge in [-0.3, -0.25) is 19.3 Å². The average molecular weight is 343 g/mol. The molecule has 0 saturated carbocycles. The van der Waals surface area contributed by atoms with Gasteiger partial charge in [0.25, 0.3) is 11.5 Å². The number of piperidine rings is 1. The van der Waals surface area contributed by atoms with E-state index in [9.17, 15) is 9.59 Å². The summed E-state index contributed by atoms with van der Waals surface area (Å²) in [7, 11) is 0. The van der Waals surface area contributed by atoms with Crippen molar-refractivity contribution < 1.29 is 4.79 Å². The van der Waals surface area contributed by atoms with Gasteiger partial charge in [0.1, 0.15) is 5.69 Å². The zero-order chi connectivity index (χ0) is 18.0. The molecular weight excluding hydrogens is 318 g/mol. The lowest BCUT2D eigenvalue weighted by molar-refractivity contribution is 0.0676. The third-order valence-electron chi connectivity index (χ3n) is 4.74. The highest BCUT2D eigenvalue weighted by atomic mass is 16.2. The molecule has 3 rings (SSSR count). The lowest BCUT2D eigenvalue weighted by Crippen LogP contribution is -2.40. The van der Waals surface area contributed by atoms with E-state index in [0.717, 1.165) is 18.5 Å². The second-order valence-electron chi connectivity index (χ2n) is 7.72. The van der Waals surface area contributed by atoms with Crippen molar-refractivity contribution in [2.45, 2.75) is 45.6 Å². The van der Waals surface area contributed by atoms with Crippen molar-refractivity contribution in [3.8, 4) is 0 Å². The van der Waals surface area contributed by atoms with Crippen molar-refractivity contribution >= 4 is 5.91 Å². The SMILES string of the molecule is CC(C)(C)c1cc(=O)n(CC2CCN(C(=O)c3ccn[nH]3)CC2)cn1. The zero-order valence-electron chi connectivity index (χ0n) is 15.0. The van der Waals surface area contributed by atoms with E-state index in [1.165, 1.54) is 0 Å². The third-order valence-corrected chi connectivity index (χ3v) is 4.74. The molecule has 0 radical (unpaired) electrons. The second kappa shape index (κ2) is 6.82. The summed E-state index contributed by atoms with van der Waals surface area (Å²) in [5.74, 6) is 0.370. The fourth-order valence-corrected chi connectivity index (χ4v) is 3.12. The number of amides is 1. The predicted molar refractivity (Wildman–Crippen MR) is 94.4 cm³/mol. The van der Waals surface area contributed by atoms with E-state index in [1.54, 1.807) is 29.2 Å². The maximum atomic E-state index is 12.3. The molecule has 0 bridgehead atoms. The summed E-state index contributed by atoms with van der Waals surface area (Å²) in [6.07, 6.45) is 5.01. The summed E-state index contributed by atoms with van der Waals surface area (Å²) in [4.78, 5) is 30.9. The van der Waals surface area contributed by atoms with Crippen LogP contribution >= 0.6 is 0 Å². The number of carbonyl (C=O) groups excluding carboxylic acids is 1. The molecule has 3 heterocycles. The third kappa shape index (κ3) is 3.97. The number of aromatic amines is 1. The van der Waals surface area contributed by atoms with Crippen molar-refractivity contribution in [2.75, 3.05) is 13.1 Å². The van der Waals surface area contributed by atoms with E-state index in [2.05, 4.69) is 15.2 Å². The molecule has 0 unspecified atom stereocenters. The van der Waals surface area contributed by atoms with Crippen LogP contribution in [-0.2, 0) is 12.0 Å². The van der Waals surface area contributed by atoms with E-state index in [1.807, 2.05) is 25.7 Å². The number of carbonyl (C=O) groups is 1. The number of hydrogen-bond donors (Lipinski definition) is 1. The molecule has 1 amide bonds. The van der Waals surface area contributed by atoms with E-state index in [-0.39, 0.29) is 16.9 Å². The van der Waals surface area contributed by atoms with Crippen molar-refractivity contribution in [3.05, 3.63) is 46.4 Å². The molecule has 0 aliphatic carbocycles. The van der Waals surface area contributed by atoms with E-state index in [4.69, 9.17) is 0 Å². The van der Waals surface area contributed by atoms with Crippen LogP contribution in [0.2, 0.25) is 0 Å². The van der Waals surface area contributed by atoms with E-state index in [0.29, 0.717) is 31.2 Å². The van der Waals surface area contributed by atoms with Gasteiger partial charge < -0.3 is 4.90 Å². The summed E-state index contributed by atoms with van der Waals surface area (Å²) in [6, 6.07) is 3.33. The molecule has 7 nitrogen and oxygen atoms in total. The quantitative estimate of drug-likeness (QED) is 0.921. The summed E-state index contributed by atoms with van der Waals surface area (Å²) < 4.78 is 1.69. The molecule has 25 heavy (non-hydrogen) atoms. The number of H-pyrrole nitrogens is 1. The van der Waals surface area contributed by atoms with Crippen LogP contribution in [0.4, 0.5) is 0 Å². The van der Waals surface area contributed by atoms with Crippen LogP contribution < -0.4 is 5.56 Å². The minimum Gasteiger partial charge on any atom is -0.337 e. The van der Waals surface area contributed by atoms with Crippen LogP contribution in [0.3, 0.4) is 0 Å². The molecule has 1 N–H and O–H groups in total. The van der Waals surface area contributed by atoms with Crippen molar-refractivity contribution in [3.63, 3.8) is 0 Å². The van der Waals surface area contributed by atoms with Gasteiger partial charge in [-0.25, -0.2) is 4.98 Å². The van der Waals surface area contributed by atoms with Gasteiger partial charge in [-0.1, -0.05) is 20.8 Å². The van der Waals surface area contributed by atoms with Gasteiger partial charge in [0.05, 0.1) is 12.0 Å². The lowest BCUT2D eigenvalue weighted by atomic mass is 9.92. The maximum Gasteiger partial charge on any atom is 0.271 e. The Morgan fingerprint density at radius 1 is 1.32 bits per heavy atom. The minimum atomic E-state index is -0.128. The molecule has 134 valence electrons. The number of aromatic nitrogens is 4. The lowest BCUT2D eigenvalue weighted by Gasteiger charge is -2.32. The van der Waals surface area contributed by atoms with Crippen molar-refractivity contribution in [2.24, 2.45) is 5.92 Å². The molecule has 0 aromatic carbocycles. The van der Waals surface area contributed by atoms with Crippen LogP contribution in [0.15, 0.2) is 29.5 Å². The van der Waals surface area contributed by atoms with Gasteiger partial charge in [0.15, 0.2) is 0 Å².